The van der Waals surface area contributed by atoms with E-state index in [0.29, 0.717) is 32.6 Å². The first-order valence-electron chi connectivity index (χ1n) is 9.06. The van der Waals surface area contributed by atoms with E-state index in [2.05, 4.69) is 10.00 Å². The first-order valence-corrected chi connectivity index (χ1v) is 9.06. The van der Waals surface area contributed by atoms with Crippen molar-refractivity contribution < 1.29 is 19.1 Å². The maximum absolute atomic E-state index is 13.1. The van der Waals surface area contributed by atoms with E-state index in [0.717, 1.165) is 17.8 Å². The van der Waals surface area contributed by atoms with E-state index in [1.165, 1.54) is 22.9 Å². The Kier molecular flexibility index (Phi) is 5.73. The van der Waals surface area contributed by atoms with Crippen molar-refractivity contribution in [1.29, 1.82) is 0 Å². The van der Waals surface area contributed by atoms with Gasteiger partial charge in [0.1, 0.15) is 12.4 Å². The summed E-state index contributed by atoms with van der Waals surface area (Å²) in [7, 11) is 0. The van der Waals surface area contributed by atoms with Crippen LogP contribution in [0.4, 0.5) is 10.1 Å². The van der Waals surface area contributed by atoms with Gasteiger partial charge in [-0.1, -0.05) is 13.3 Å². The van der Waals surface area contributed by atoms with Gasteiger partial charge in [-0.25, -0.2) is 9.18 Å². The van der Waals surface area contributed by atoms with Gasteiger partial charge < -0.3 is 14.9 Å². The number of carboxylic acids is 1. The van der Waals surface area contributed by atoms with Gasteiger partial charge in [-0.15, -0.1) is 0 Å². The van der Waals surface area contributed by atoms with Crippen LogP contribution >= 0.6 is 0 Å². The second-order valence-electron chi connectivity index (χ2n) is 6.58. The van der Waals surface area contributed by atoms with E-state index in [1.807, 2.05) is 6.92 Å². The number of nitrogens with zero attached hydrogens (tertiary/aromatic N) is 4. The monoisotopic (exact) mass is 374 g/mol. The van der Waals surface area contributed by atoms with Crippen LogP contribution in [0.5, 0.6) is 0 Å². The van der Waals surface area contributed by atoms with Crippen molar-refractivity contribution in [3.63, 3.8) is 0 Å². The largest absolute Gasteiger partial charge is 0.476 e. The molecule has 1 N–H and O–H groups in total. The smallest absolute Gasteiger partial charge is 0.356 e. The molecular formula is C19H23FN4O3. The minimum absolute atomic E-state index is 0.0348. The Bertz CT molecular complexity index is 811. The average molecular weight is 374 g/mol. The van der Waals surface area contributed by atoms with Gasteiger partial charge in [0.05, 0.1) is 0 Å². The molecule has 1 aromatic heterocycles. The molecule has 1 aromatic carbocycles. The number of aromatic carboxylic acids is 1. The number of benzene rings is 1. The van der Waals surface area contributed by atoms with Crippen molar-refractivity contribution in [3.8, 4) is 0 Å². The number of aromatic nitrogens is 2. The van der Waals surface area contributed by atoms with Crippen LogP contribution in [0.25, 0.3) is 0 Å². The topological polar surface area (TPSA) is 78.7 Å². The zero-order valence-electron chi connectivity index (χ0n) is 15.3. The van der Waals surface area contributed by atoms with E-state index >= 15 is 0 Å². The second kappa shape index (κ2) is 8.20. The van der Waals surface area contributed by atoms with Gasteiger partial charge in [0.2, 0.25) is 5.91 Å². The lowest BCUT2D eigenvalue weighted by Gasteiger charge is -2.36. The average Bonchev–Trinajstić information content (AvgIpc) is 3.06. The van der Waals surface area contributed by atoms with Crippen molar-refractivity contribution in [2.75, 3.05) is 31.1 Å². The number of rotatable bonds is 6. The fourth-order valence-corrected chi connectivity index (χ4v) is 3.25. The molecule has 0 unspecified atom stereocenters. The Morgan fingerprint density at radius 2 is 1.81 bits per heavy atom. The van der Waals surface area contributed by atoms with Crippen molar-refractivity contribution in [2.45, 2.75) is 26.3 Å². The Morgan fingerprint density at radius 1 is 1.15 bits per heavy atom. The van der Waals surface area contributed by atoms with Crippen molar-refractivity contribution >= 4 is 17.6 Å². The predicted molar refractivity (Wildman–Crippen MR) is 98.4 cm³/mol. The molecule has 1 aliphatic rings. The first-order chi connectivity index (χ1) is 13.0. The standard InChI is InChI=1S/C19H23FN4O3/c1-2-3-16-12-17(19(26)27)21-24(16)13-18(25)23-10-8-22(9-11-23)15-6-4-14(20)5-7-15/h4-7,12H,2-3,8-11,13H2,1H3,(H,26,27). The number of carbonyl (C=O) groups is 2. The lowest BCUT2D eigenvalue weighted by molar-refractivity contribution is -0.132. The first kappa shape index (κ1) is 18.9. The molecule has 1 aliphatic heterocycles. The van der Waals surface area contributed by atoms with E-state index in [-0.39, 0.29) is 24.0 Å². The number of hydrogen-bond donors (Lipinski definition) is 1. The summed E-state index contributed by atoms with van der Waals surface area (Å²) in [4.78, 5) is 27.7. The summed E-state index contributed by atoms with van der Waals surface area (Å²) in [6, 6.07) is 7.87. The van der Waals surface area contributed by atoms with Gasteiger partial charge in [-0.3, -0.25) is 9.48 Å². The summed E-state index contributed by atoms with van der Waals surface area (Å²) in [5, 5.41) is 13.2. The summed E-state index contributed by atoms with van der Waals surface area (Å²) in [5.74, 6) is -1.44. The molecule has 3 rings (SSSR count). The van der Waals surface area contributed by atoms with Crippen LogP contribution in [0.2, 0.25) is 0 Å². The van der Waals surface area contributed by atoms with Crippen LogP contribution in [-0.4, -0.2) is 57.8 Å². The Hall–Kier alpha value is -2.90. The SMILES string of the molecule is CCCc1cc(C(=O)O)nn1CC(=O)N1CCN(c2ccc(F)cc2)CC1. The molecule has 0 radical (unpaired) electrons. The van der Waals surface area contributed by atoms with Crippen LogP contribution in [0.15, 0.2) is 30.3 Å². The van der Waals surface area contributed by atoms with Gasteiger partial charge in [0.25, 0.3) is 0 Å². The van der Waals surface area contributed by atoms with Crippen molar-refractivity contribution in [1.82, 2.24) is 14.7 Å². The quantitative estimate of drug-likeness (QED) is 0.837. The summed E-state index contributed by atoms with van der Waals surface area (Å²) in [5.41, 5.74) is 1.66. The number of halogens is 1. The zero-order chi connectivity index (χ0) is 19.4. The summed E-state index contributed by atoms with van der Waals surface area (Å²) in [6.07, 6.45) is 1.52. The van der Waals surface area contributed by atoms with E-state index in [4.69, 9.17) is 5.11 Å². The molecule has 0 bridgehead atoms. The molecule has 0 saturated carbocycles. The molecule has 2 heterocycles. The minimum atomic E-state index is -1.09. The highest BCUT2D eigenvalue weighted by Gasteiger charge is 2.23. The second-order valence-corrected chi connectivity index (χ2v) is 6.58. The highest BCUT2D eigenvalue weighted by atomic mass is 19.1. The minimum Gasteiger partial charge on any atom is -0.476 e. The van der Waals surface area contributed by atoms with Crippen molar-refractivity contribution in [2.24, 2.45) is 0 Å². The Morgan fingerprint density at radius 3 is 2.41 bits per heavy atom. The highest BCUT2D eigenvalue weighted by Crippen LogP contribution is 2.17. The molecule has 1 fully saturated rings. The molecule has 1 amide bonds. The lowest BCUT2D eigenvalue weighted by atomic mass is 10.2. The molecule has 144 valence electrons. The number of aryl methyl sites for hydroxylation is 1. The number of piperazine rings is 1. The van der Waals surface area contributed by atoms with E-state index < -0.39 is 5.97 Å². The number of carboxylic acid groups (broad SMARTS) is 1. The molecule has 7 nitrogen and oxygen atoms in total. The molecule has 27 heavy (non-hydrogen) atoms. The zero-order valence-corrected chi connectivity index (χ0v) is 15.3. The third kappa shape index (κ3) is 4.45. The third-order valence-corrected chi connectivity index (χ3v) is 4.70. The summed E-state index contributed by atoms with van der Waals surface area (Å²) in [6.45, 7) is 4.49. The highest BCUT2D eigenvalue weighted by molar-refractivity contribution is 5.85. The number of amides is 1. The fraction of sp³-hybridized carbons (Fsp3) is 0.421. The number of hydrogen-bond acceptors (Lipinski definition) is 4. The maximum Gasteiger partial charge on any atom is 0.356 e. The lowest BCUT2D eigenvalue weighted by Crippen LogP contribution is -2.49. The molecule has 2 aromatic rings. The Balaban J connectivity index is 1.61. The van der Waals surface area contributed by atoms with E-state index in [9.17, 15) is 14.0 Å². The van der Waals surface area contributed by atoms with Gasteiger partial charge in [0, 0.05) is 37.6 Å². The Labute approximate surface area is 157 Å². The molecule has 8 heteroatoms. The van der Waals surface area contributed by atoms with Crippen LogP contribution in [-0.2, 0) is 17.8 Å². The molecule has 0 spiro atoms. The normalized spacial score (nSPS) is 14.4. The van der Waals surface area contributed by atoms with Crippen LogP contribution in [0.1, 0.15) is 29.5 Å². The summed E-state index contributed by atoms with van der Waals surface area (Å²) < 4.78 is 14.6. The van der Waals surface area contributed by atoms with E-state index in [1.54, 1.807) is 17.0 Å². The van der Waals surface area contributed by atoms with Crippen LogP contribution in [0.3, 0.4) is 0 Å². The predicted octanol–water partition coefficient (Wildman–Crippen LogP) is 2.02. The molecule has 1 saturated heterocycles. The van der Waals surface area contributed by atoms with Gasteiger partial charge >= 0.3 is 5.97 Å². The fourth-order valence-electron chi connectivity index (χ4n) is 3.25. The maximum atomic E-state index is 13.1. The van der Waals surface area contributed by atoms with Crippen LogP contribution in [0, 0.1) is 5.82 Å². The summed E-state index contributed by atoms with van der Waals surface area (Å²) >= 11 is 0. The van der Waals surface area contributed by atoms with Crippen molar-refractivity contribution in [3.05, 3.63) is 47.5 Å². The van der Waals surface area contributed by atoms with Gasteiger partial charge in [0.15, 0.2) is 5.69 Å². The molecule has 0 aliphatic carbocycles. The molecule has 0 atom stereocenters. The van der Waals surface area contributed by atoms with Gasteiger partial charge in [-0.2, -0.15) is 5.10 Å². The third-order valence-electron chi connectivity index (χ3n) is 4.70. The number of carbonyl (C=O) groups excluding carboxylic acids is 1. The van der Waals surface area contributed by atoms with Gasteiger partial charge in [-0.05, 0) is 36.8 Å². The van der Waals surface area contributed by atoms with Crippen LogP contribution < -0.4 is 4.90 Å². The molecular weight excluding hydrogens is 351 g/mol. The number of anilines is 1.